The summed E-state index contributed by atoms with van der Waals surface area (Å²) in [6.07, 6.45) is 0.181. The number of hydrogen-bond donors (Lipinski definition) is 1. The van der Waals surface area contributed by atoms with Crippen molar-refractivity contribution in [2.24, 2.45) is 5.92 Å². The van der Waals surface area contributed by atoms with Crippen LogP contribution in [0.3, 0.4) is 0 Å². The van der Waals surface area contributed by atoms with Crippen LogP contribution in [-0.4, -0.2) is 29.8 Å². The molecule has 1 amide bonds. The van der Waals surface area contributed by atoms with Gasteiger partial charge in [0.2, 0.25) is 0 Å². The van der Waals surface area contributed by atoms with Crippen LogP contribution in [0.15, 0.2) is 11.9 Å². The highest BCUT2D eigenvalue weighted by molar-refractivity contribution is 6.00. The molecule has 0 saturated heterocycles. The monoisotopic (exact) mass is 287 g/mol. The van der Waals surface area contributed by atoms with Crippen molar-refractivity contribution < 1.29 is 23.5 Å². The fourth-order valence-corrected chi connectivity index (χ4v) is 1.41. The van der Waals surface area contributed by atoms with Gasteiger partial charge in [-0.05, 0) is 40.7 Å². The molecule has 6 heteroatoms. The number of carbonyl (C=O) groups is 3. The number of halogens is 1. The predicted molar refractivity (Wildman–Crippen MR) is 72.9 cm³/mol. The van der Waals surface area contributed by atoms with Gasteiger partial charge in [-0.15, -0.1) is 0 Å². The second-order valence-corrected chi connectivity index (χ2v) is 5.51. The van der Waals surface area contributed by atoms with Gasteiger partial charge in [-0.3, -0.25) is 9.59 Å². The molecule has 0 fully saturated rings. The molecule has 5 nitrogen and oxygen atoms in total. The lowest BCUT2D eigenvalue weighted by atomic mass is 9.96. The standard InChI is InChI=1S/C14H22FNO4/c1-9(17)12(10(2)18)8-11(15)6-7-16-13(19)20-14(3,4)5/h6,12H,7-8H2,1-5H3,(H,16,19). The number of carbonyl (C=O) groups excluding carboxylic acids is 3. The van der Waals surface area contributed by atoms with Crippen molar-refractivity contribution in [3.63, 3.8) is 0 Å². The summed E-state index contributed by atoms with van der Waals surface area (Å²) in [5.41, 5.74) is -0.624. The van der Waals surface area contributed by atoms with E-state index in [1.807, 2.05) is 0 Å². The predicted octanol–water partition coefficient (Wildman–Crippen LogP) is 2.55. The van der Waals surface area contributed by atoms with Gasteiger partial charge >= 0.3 is 6.09 Å². The normalized spacial score (nSPS) is 12.2. The molecule has 0 spiro atoms. The van der Waals surface area contributed by atoms with E-state index in [0.29, 0.717) is 0 Å². The van der Waals surface area contributed by atoms with Crippen LogP contribution in [0, 0.1) is 5.92 Å². The van der Waals surface area contributed by atoms with Crippen molar-refractivity contribution in [3.8, 4) is 0 Å². The molecule has 0 aliphatic heterocycles. The van der Waals surface area contributed by atoms with E-state index in [2.05, 4.69) is 5.32 Å². The van der Waals surface area contributed by atoms with Gasteiger partial charge in [-0.25, -0.2) is 9.18 Å². The van der Waals surface area contributed by atoms with Crippen LogP contribution in [0.2, 0.25) is 0 Å². The molecular weight excluding hydrogens is 265 g/mol. The average Bonchev–Trinajstić information content (AvgIpc) is 2.22. The van der Waals surface area contributed by atoms with Crippen LogP contribution < -0.4 is 5.32 Å². The largest absolute Gasteiger partial charge is 0.444 e. The number of hydrogen-bond acceptors (Lipinski definition) is 4. The maximum atomic E-state index is 13.5. The zero-order valence-electron chi connectivity index (χ0n) is 12.6. The number of ketones is 2. The molecule has 1 N–H and O–H groups in total. The minimum absolute atomic E-state index is 0.0662. The third kappa shape index (κ3) is 8.39. The third-order valence-electron chi connectivity index (χ3n) is 2.35. The van der Waals surface area contributed by atoms with Crippen LogP contribution in [0.4, 0.5) is 9.18 Å². The lowest BCUT2D eigenvalue weighted by Gasteiger charge is -2.19. The van der Waals surface area contributed by atoms with E-state index in [0.717, 1.165) is 6.08 Å². The first-order chi connectivity index (χ1) is 9.03. The summed E-state index contributed by atoms with van der Waals surface area (Å²) in [6, 6.07) is 0. The highest BCUT2D eigenvalue weighted by Gasteiger charge is 2.21. The van der Waals surface area contributed by atoms with E-state index < -0.39 is 23.4 Å². The summed E-state index contributed by atoms with van der Waals surface area (Å²) >= 11 is 0. The highest BCUT2D eigenvalue weighted by atomic mass is 19.1. The molecule has 0 atom stereocenters. The molecule has 114 valence electrons. The molecule has 20 heavy (non-hydrogen) atoms. The maximum Gasteiger partial charge on any atom is 0.407 e. The summed E-state index contributed by atoms with van der Waals surface area (Å²) < 4.78 is 18.5. The van der Waals surface area contributed by atoms with Crippen LogP contribution in [-0.2, 0) is 14.3 Å². The van der Waals surface area contributed by atoms with Gasteiger partial charge < -0.3 is 10.1 Å². The quantitative estimate of drug-likeness (QED) is 0.762. The van der Waals surface area contributed by atoms with Crippen molar-refractivity contribution in [1.82, 2.24) is 5.32 Å². The fourth-order valence-electron chi connectivity index (χ4n) is 1.41. The molecule has 0 aliphatic rings. The van der Waals surface area contributed by atoms with Crippen LogP contribution in [0.5, 0.6) is 0 Å². The van der Waals surface area contributed by atoms with E-state index in [-0.39, 0.29) is 24.5 Å². The van der Waals surface area contributed by atoms with Gasteiger partial charge in [-0.1, -0.05) is 0 Å². The molecule has 0 rings (SSSR count). The van der Waals surface area contributed by atoms with Crippen LogP contribution >= 0.6 is 0 Å². The Balaban J connectivity index is 4.30. The zero-order valence-corrected chi connectivity index (χ0v) is 12.6. The first-order valence-corrected chi connectivity index (χ1v) is 6.35. The molecule has 0 aliphatic carbocycles. The average molecular weight is 287 g/mol. The fraction of sp³-hybridized carbons (Fsp3) is 0.643. The summed E-state index contributed by atoms with van der Waals surface area (Å²) in [6.45, 7) is 7.58. The second-order valence-electron chi connectivity index (χ2n) is 5.51. The minimum atomic E-state index is -0.965. The Morgan fingerprint density at radius 3 is 2.10 bits per heavy atom. The molecule has 0 unspecified atom stereocenters. The van der Waals surface area contributed by atoms with E-state index in [4.69, 9.17) is 4.74 Å². The number of nitrogens with one attached hydrogen (secondary N) is 1. The molecule has 0 radical (unpaired) electrons. The molecule has 0 aromatic heterocycles. The van der Waals surface area contributed by atoms with Crippen molar-refractivity contribution in [1.29, 1.82) is 0 Å². The van der Waals surface area contributed by atoms with Gasteiger partial charge in [-0.2, -0.15) is 0 Å². The summed E-state index contributed by atoms with van der Waals surface area (Å²) in [5, 5.41) is 2.35. The Bertz CT molecular complexity index is 396. The maximum absolute atomic E-state index is 13.5. The smallest absolute Gasteiger partial charge is 0.407 e. The number of rotatable bonds is 6. The lowest BCUT2D eigenvalue weighted by Crippen LogP contribution is -2.32. The SMILES string of the molecule is CC(=O)C(CC(F)=CCNC(=O)OC(C)(C)C)C(C)=O. The van der Waals surface area contributed by atoms with E-state index in [9.17, 15) is 18.8 Å². The lowest BCUT2D eigenvalue weighted by molar-refractivity contribution is -0.130. The zero-order chi connectivity index (χ0) is 15.9. The van der Waals surface area contributed by atoms with E-state index >= 15 is 0 Å². The van der Waals surface area contributed by atoms with Crippen molar-refractivity contribution in [2.45, 2.75) is 46.6 Å². The highest BCUT2D eigenvalue weighted by Crippen LogP contribution is 2.15. The Morgan fingerprint density at radius 1 is 1.20 bits per heavy atom. The van der Waals surface area contributed by atoms with Gasteiger partial charge in [0.15, 0.2) is 0 Å². The topological polar surface area (TPSA) is 72.5 Å². The van der Waals surface area contributed by atoms with Crippen LogP contribution in [0.1, 0.15) is 41.0 Å². The van der Waals surface area contributed by atoms with E-state index in [1.165, 1.54) is 13.8 Å². The number of Topliss-reactive ketones (excluding diaryl/α,β-unsaturated/α-hetero) is 2. The molecule has 0 saturated carbocycles. The van der Waals surface area contributed by atoms with Crippen molar-refractivity contribution in [2.75, 3.05) is 6.54 Å². The van der Waals surface area contributed by atoms with E-state index in [1.54, 1.807) is 20.8 Å². The summed E-state index contributed by atoms with van der Waals surface area (Å²) in [7, 11) is 0. The molecule has 0 aromatic carbocycles. The molecule has 0 bridgehead atoms. The van der Waals surface area contributed by atoms with Gasteiger partial charge in [0, 0.05) is 13.0 Å². The first kappa shape index (κ1) is 18.3. The Morgan fingerprint density at radius 2 is 1.70 bits per heavy atom. The van der Waals surface area contributed by atoms with Crippen molar-refractivity contribution >= 4 is 17.7 Å². The van der Waals surface area contributed by atoms with Gasteiger partial charge in [0.1, 0.15) is 17.2 Å². The number of ether oxygens (including phenoxy) is 1. The van der Waals surface area contributed by atoms with Crippen LogP contribution in [0.25, 0.3) is 0 Å². The number of alkyl carbamates (subject to hydrolysis) is 1. The Labute approximate surface area is 118 Å². The molecule has 0 heterocycles. The number of allylic oxidation sites excluding steroid dienone is 1. The van der Waals surface area contributed by atoms with Gasteiger partial charge in [0.25, 0.3) is 0 Å². The minimum Gasteiger partial charge on any atom is -0.444 e. The molecule has 0 aromatic rings. The summed E-state index contributed by atoms with van der Waals surface area (Å²) in [5.74, 6) is -2.33. The summed E-state index contributed by atoms with van der Waals surface area (Å²) in [4.78, 5) is 33.6. The second kappa shape index (κ2) is 7.77. The molecular formula is C14H22FNO4. The third-order valence-corrected chi connectivity index (χ3v) is 2.35. The Hall–Kier alpha value is -1.72. The van der Waals surface area contributed by atoms with Gasteiger partial charge in [0.05, 0.1) is 11.7 Å². The Kier molecular flexibility index (Phi) is 7.10. The van der Waals surface area contributed by atoms with Crippen molar-refractivity contribution in [3.05, 3.63) is 11.9 Å². The number of amides is 1. The first-order valence-electron chi connectivity index (χ1n) is 6.35.